The van der Waals surface area contributed by atoms with Crippen LogP contribution in [-0.2, 0) is 10.2 Å². The van der Waals surface area contributed by atoms with Crippen molar-refractivity contribution in [2.45, 2.75) is 37.6 Å². The van der Waals surface area contributed by atoms with Crippen LogP contribution in [0.3, 0.4) is 0 Å². The van der Waals surface area contributed by atoms with Gasteiger partial charge in [0.15, 0.2) is 0 Å². The minimum atomic E-state index is -0.619. The topological polar surface area (TPSA) is 52.6 Å². The van der Waals surface area contributed by atoms with Gasteiger partial charge in [0, 0.05) is 36.6 Å². The number of carbonyl (C=O) groups is 1. The van der Waals surface area contributed by atoms with Crippen LogP contribution in [0.5, 0.6) is 0 Å². The molecule has 2 N–H and O–H groups in total. The van der Waals surface area contributed by atoms with Gasteiger partial charge in [0.1, 0.15) is 17.5 Å². The Bertz CT molecular complexity index is 1180. The molecular formula is C29H31F3N2O2. The van der Waals surface area contributed by atoms with Gasteiger partial charge in [0.05, 0.1) is 12.6 Å². The number of rotatable bonds is 9. The molecule has 3 aromatic rings. The van der Waals surface area contributed by atoms with Crippen molar-refractivity contribution in [2.75, 3.05) is 26.2 Å². The van der Waals surface area contributed by atoms with Gasteiger partial charge in [0.25, 0.3) is 0 Å². The summed E-state index contributed by atoms with van der Waals surface area (Å²) in [5.74, 6) is -1.53. The molecule has 7 heteroatoms. The lowest BCUT2D eigenvalue weighted by molar-refractivity contribution is -0.138. The molecule has 0 radical (unpaired) electrons. The zero-order chi connectivity index (χ0) is 25.7. The van der Waals surface area contributed by atoms with Gasteiger partial charge in [-0.25, -0.2) is 13.2 Å². The monoisotopic (exact) mass is 496 g/mol. The van der Waals surface area contributed by atoms with Crippen LogP contribution in [0.25, 0.3) is 11.1 Å². The number of hydrogen-bond donors (Lipinski definition) is 2. The van der Waals surface area contributed by atoms with Crippen molar-refractivity contribution in [1.29, 1.82) is 0 Å². The number of amides is 1. The molecule has 190 valence electrons. The van der Waals surface area contributed by atoms with Crippen LogP contribution in [0.15, 0.2) is 66.7 Å². The van der Waals surface area contributed by atoms with Crippen molar-refractivity contribution in [1.82, 2.24) is 10.2 Å². The van der Waals surface area contributed by atoms with E-state index in [0.29, 0.717) is 43.6 Å². The summed E-state index contributed by atoms with van der Waals surface area (Å²) in [7, 11) is 0. The number of likely N-dealkylation sites (tertiary alicyclic amines) is 1. The molecule has 1 aliphatic rings. The van der Waals surface area contributed by atoms with Gasteiger partial charge in [-0.15, -0.1) is 0 Å². The van der Waals surface area contributed by atoms with Gasteiger partial charge < -0.3 is 15.3 Å². The first-order chi connectivity index (χ1) is 17.3. The van der Waals surface area contributed by atoms with Crippen LogP contribution in [0, 0.1) is 17.5 Å². The van der Waals surface area contributed by atoms with Gasteiger partial charge in [-0.1, -0.05) is 36.4 Å². The summed E-state index contributed by atoms with van der Waals surface area (Å²) in [4.78, 5) is 15.3. The summed E-state index contributed by atoms with van der Waals surface area (Å²) in [6.45, 7) is 3.68. The van der Waals surface area contributed by atoms with E-state index in [4.69, 9.17) is 5.11 Å². The van der Waals surface area contributed by atoms with Crippen LogP contribution in [0.2, 0.25) is 0 Å². The summed E-state index contributed by atoms with van der Waals surface area (Å²) in [6, 6.07) is 17.0. The third-order valence-corrected chi connectivity index (χ3v) is 7.27. The van der Waals surface area contributed by atoms with E-state index in [-0.39, 0.29) is 24.4 Å². The molecule has 36 heavy (non-hydrogen) atoms. The molecule has 1 saturated heterocycles. The van der Waals surface area contributed by atoms with Crippen LogP contribution in [-0.4, -0.2) is 42.2 Å². The van der Waals surface area contributed by atoms with E-state index in [1.807, 2.05) is 24.0 Å². The average Bonchev–Trinajstić information content (AvgIpc) is 2.87. The normalized spacial score (nSPS) is 18.9. The maximum absolute atomic E-state index is 14.2. The number of aliphatic hydroxyl groups is 1. The molecule has 1 heterocycles. The predicted molar refractivity (Wildman–Crippen MR) is 134 cm³/mol. The van der Waals surface area contributed by atoms with Crippen molar-refractivity contribution < 1.29 is 23.1 Å². The van der Waals surface area contributed by atoms with Crippen molar-refractivity contribution in [2.24, 2.45) is 0 Å². The number of piperidine rings is 1. The number of carbonyl (C=O) groups excluding carboxylic acids is 1. The van der Waals surface area contributed by atoms with E-state index >= 15 is 0 Å². The van der Waals surface area contributed by atoms with Gasteiger partial charge in [-0.05, 0) is 67.3 Å². The Morgan fingerprint density at radius 3 is 2.31 bits per heavy atom. The first-order valence-electron chi connectivity index (χ1n) is 12.3. The first-order valence-corrected chi connectivity index (χ1v) is 12.3. The van der Waals surface area contributed by atoms with E-state index in [2.05, 4.69) is 5.32 Å². The van der Waals surface area contributed by atoms with E-state index in [1.54, 1.807) is 24.3 Å². The maximum Gasteiger partial charge on any atom is 0.223 e. The quantitative estimate of drug-likeness (QED) is 0.392. The average molecular weight is 497 g/mol. The molecule has 0 aliphatic carbocycles. The van der Waals surface area contributed by atoms with E-state index in [0.717, 1.165) is 23.6 Å². The minimum absolute atomic E-state index is 0.0221. The van der Waals surface area contributed by atoms with Gasteiger partial charge in [-0.3, -0.25) is 4.79 Å². The number of benzene rings is 3. The minimum Gasteiger partial charge on any atom is -0.395 e. The van der Waals surface area contributed by atoms with Crippen molar-refractivity contribution in [3.63, 3.8) is 0 Å². The molecule has 4 nitrogen and oxygen atoms in total. The van der Waals surface area contributed by atoms with Crippen molar-refractivity contribution in [3.05, 3.63) is 95.3 Å². The van der Waals surface area contributed by atoms with E-state index in [9.17, 15) is 18.0 Å². The van der Waals surface area contributed by atoms with Gasteiger partial charge in [0.2, 0.25) is 5.91 Å². The number of halogens is 3. The number of hydrogen-bond acceptors (Lipinski definition) is 3. The SMILES string of the molecule is C[C@@H](c1ccc(-c2ccc(F)cc2F)cc1)N1CC[C@](CCNCCO)(c2ccc(F)cc2)CC1=O. The second-order valence-corrected chi connectivity index (χ2v) is 9.45. The lowest BCUT2D eigenvalue weighted by atomic mass is 9.70. The first kappa shape index (κ1) is 25.9. The zero-order valence-electron chi connectivity index (χ0n) is 20.3. The Kier molecular flexibility index (Phi) is 8.11. The fourth-order valence-corrected chi connectivity index (χ4v) is 5.13. The third-order valence-electron chi connectivity index (χ3n) is 7.27. The highest BCUT2D eigenvalue weighted by Gasteiger charge is 2.41. The van der Waals surface area contributed by atoms with Crippen LogP contribution in [0.1, 0.15) is 43.4 Å². The van der Waals surface area contributed by atoms with Gasteiger partial charge in [-0.2, -0.15) is 0 Å². The summed E-state index contributed by atoms with van der Waals surface area (Å²) in [6.07, 6.45) is 1.74. The Labute approximate surface area is 209 Å². The predicted octanol–water partition coefficient (Wildman–Crippen LogP) is 5.36. The number of nitrogens with zero attached hydrogens (tertiary/aromatic N) is 1. The number of nitrogens with one attached hydrogen (secondary N) is 1. The molecule has 4 rings (SSSR count). The summed E-state index contributed by atoms with van der Waals surface area (Å²) in [5, 5.41) is 12.3. The van der Waals surface area contributed by atoms with Crippen molar-refractivity contribution >= 4 is 5.91 Å². The molecule has 1 fully saturated rings. The van der Waals surface area contributed by atoms with E-state index in [1.165, 1.54) is 24.3 Å². The zero-order valence-corrected chi connectivity index (χ0v) is 20.3. The summed E-state index contributed by atoms with van der Waals surface area (Å²) in [5.41, 5.74) is 2.42. The number of aliphatic hydroxyl groups excluding tert-OH is 1. The molecular weight excluding hydrogens is 465 g/mol. The smallest absolute Gasteiger partial charge is 0.223 e. The van der Waals surface area contributed by atoms with Crippen LogP contribution in [0.4, 0.5) is 13.2 Å². The van der Waals surface area contributed by atoms with Crippen molar-refractivity contribution in [3.8, 4) is 11.1 Å². The Hall–Kier alpha value is -3.16. The third kappa shape index (κ3) is 5.63. The highest BCUT2D eigenvalue weighted by Crippen LogP contribution is 2.41. The van der Waals surface area contributed by atoms with Gasteiger partial charge >= 0.3 is 0 Å². The molecule has 1 aliphatic heterocycles. The fourth-order valence-electron chi connectivity index (χ4n) is 5.13. The Balaban J connectivity index is 1.50. The van der Waals surface area contributed by atoms with E-state index < -0.39 is 17.0 Å². The standard InChI is InChI=1S/C29H31F3N2O2/c1-20(21-2-4-22(5-3-21)26-11-10-25(31)18-27(26)32)34-16-13-29(19-28(34)36,12-14-33-15-17-35)23-6-8-24(30)9-7-23/h2-11,18,20,33,35H,12-17,19H2,1H3/t20-,29-/m0/s1. The molecule has 3 aromatic carbocycles. The second kappa shape index (κ2) is 11.3. The highest BCUT2D eigenvalue weighted by molar-refractivity contribution is 5.79. The summed E-state index contributed by atoms with van der Waals surface area (Å²) >= 11 is 0. The molecule has 0 unspecified atom stereocenters. The molecule has 2 atom stereocenters. The molecule has 0 bridgehead atoms. The van der Waals surface area contributed by atoms with Crippen LogP contribution >= 0.6 is 0 Å². The lowest BCUT2D eigenvalue weighted by Gasteiger charge is -2.44. The summed E-state index contributed by atoms with van der Waals surface area (Å²) < 4.78 is 41.0. The highest BCUT2D eigenvalue weighted by atomic mass is 19.1. The second-order valence-electron chi connectivity index (χ2n) is 9.45. The molecule has 0 spiro atoms. The van der Waals surface area contributed by atoms with Crippen LogP contribution < -0.4 is 5.32 Å². The molecule has 0 saturated carbocycles. The fraction of sp³-hybridized carbons (Fsp3) is 0.345. The Morgan fingerprint density at radius 1 is 0.972 bits per heavy atom. The molecule has 0 aromatic heterocycles. The largest absolute Gasteiger partial charge is 0.395 e. The lowest BCUT2D eigenvalue weighted by Crippen LogP contribution is -2.48. The molecule has 1 amide bonds. The maximum atomic E-state index is 14.2. The Morgan fingerprint density at radius 2 is 1.67 bits per heavy atom.